The molecule has 3 N–H and O–H groups in total. The van der Waals surface area contributed by atoms with E-state index in [9.17, 15) is 0 Å². The number of nitrogens with two attached hydrogens (primary N) is 1. The summed E-state index contributed by atoms with van der Waals surface area (Å²) in [4.78, 5) is 0. The molecule has 72 valence electrons. The summed E-state index contributed by atoms with van der Waals surface area (Å²) in [5, 5.41) is 8.93. The third-order valence-corrected chi connectivity index (χ3v) is 3.44. The zero-order valence-corrected chi connectivity index (χ0v) is 9.43. The van der Waals surface area contributed by atoms with Gasteiger partial charge in [0.05, 0.1) is 12.6 Å². The Bertz CT molecular complexity index is 312. The van der Waals surface area contributed by atoms with Crippen molar-refractivity contribution < 1.29 is 5.11 Å². The van der Waals surface area contributed by atoms with E-state index in [0.29, 0.717) is 0 Å². The average molecular weight is 244 g/mol. The fraction of sp³-hybridized carbons (Fsp3) is 0.400. The zero-order chi connectivity index (χ0) is 10.0. The first kappa shape index (κ1) is 10.7. The first-order valence-corrected chi connectivity index (χ1v) is 4.99. The molecule has 3 heteroatoms. The van der Waals surface area contributed by atoms with Gasteiger partial charge in [-0.25, -0.2) is 0 Å². The van der Waals surface area contributed by atoms with E-state index in [-0.39, 0.29) is 12.6 Å². The van der Waals surface area contributed by atoms with Gasteiger partial charge in [-0.2, -0.15) is 0 Å². The molecule has 0 saturated heterocycles. The van der Waals surface area contributed by atoms with Gasteiger partial charge in [0.15, 0.2) is 0 Å². The second kappa shape index (κ2) is 4.22. The summed E-state index contributed by atoms with van der Waals surface area (Å²) in [6.07, 6.45) is 0. The van der Waals surface area contributed by atoms with Crippen LogP contribution in [0.3, 0.4) is 0 Å². The van der Waals surface area contributed by atoms with Crippen molar-refractivity contribution in [1.29, 1.82) is 0 Å². The third kappa shape index (κ3) is 2.10. The van der Waals surface area contributed by atoms with Gasteiger partial charge >= 0.3 is 0 Å². The molecule has 0 fully saturated rings. The van der Waals surface area contributed by atoms with Crippen LogP contribution in [0, 0.1) is 13.8 Å². The summed E-state index contributed by atoms with van der Waals surface area (Å²) in [6.45, 7) is 4.02. The average Bonchev–Trinajstić information content (AvgIpc) is 2.13. The van der Waals surface area contributed by atoms with Gasteiger partial charge in [-0.15, -0.1) is 0 Å². The summed E-state index contributed by atoms with van der Waals surface area (Å²) in [6, 6.07) is 3.69. The fourth-order valence-electron chi connectivity index (χ4n) is 1.34. The number of rotatable bonds is 2. The van der Waals surface area contributed by atoms with Crippen molar-refractivity contribution in [2.75, 3.05) is 6.61 Å². The van der Waals surface area contributed by atoms with Crippen molar-refractivity contribution >= 4 is 15.9 Å². The predicted octanol–water partition coefficient (Wildman–Crippen LogP) is 2.06. The third-order valence-electron chi connectivity index (χ3n) is 2.22. The minimum atomic E-state index is -0.281. The van der Waals surface area contributed by atoms with E-state index < -0.39 is 0 Å². The smallest absolute Gasteiger partial charge is 0.0624 e. The molecule has 0 saturated carbocycles. The summed E-state index contributed by atoms with van der Waals surface area (Å²) in [5.41, 5.74) is 9.04. The van der Waals surface area contributed by atoms with E-state index in [1.165, 1.54) is 5.56 Å². The molecule has 0 spiro atoms. The fourth-order valence-corrected chi connectivity index (χ4v) is 1.70. The second-order valence-corrected chi connectivity index (χ2v) is 3.99. The van der Waals surface area contributed by atoms with Crippen LogP contribution < -0.4 is 5.73 Å². The number of halogens is 1. The van der Waals surface area contributed by atoms with Crippen LogP contribution in [-0.4, -0.2) is 11.7 Å². The Kier molecular flexibility index (Phi) is 3.47. The van der Waals surface area contributed by atoms with Crippen LogP contribution in [0.4, 0.5) is 0 Å². The molecule has 1 atom stereocenters. The Balaban J connectivity index is 3.18. The van der Waals surface area contributed by atoms with Crippen molar-refractivity contribution in [3.63, 3.8) is 0 Å². The molecule has 1 aromatic rings. The maximum absolute atomic E-state index is 8.93. The van der Waals surface area contributed by atoms with Crippen LogP contribution in [0.25, 0.3) is 0 Å². The van der Waals surface area contributed by atoms with Gasteiger partial charge in [0.25, 0.3) is 0 Å². The lowest BCUT2D eigenvalue weighted by atomic mass is 10.0. The normalized spacial score (nSPS) is 13.0. The minimum Gasteiger partial charge on any atom is -0.394 e. The maximum atomic E-state index is 8.93. The Hall–Kier alpha value is -0.380. The molecule has 2 nitrogen and oxygen atoms in total. The van der Waals surface area contributed by atoms with Gasteiger partial charge < -0.3 is 10.8 Å². The van der Waals surface area contributed by atoms with Gasteiger partial charge in [0.2, 0.25) is 0 Å². The van der Waals surface area contributed by atoms with Crippen molar-refractivity contribution in [2.24, 2.45) is 5.73 Å². The molecular formula is C10H14BrNO. The van der Waals surface area contributed by atoms with E-state index >= 15 is 0 Å². The molecular weight excluding hydrogens is 230 g/mol. The predicted molar refractivity (Wildman–Crippen MR) is 57.6 cm³/mol. The highest BCUT2D eigenvalue weighted by Gasteiger charge is 2.10. The Morgan fingerprint density at radius 1 is 1.46 bits per heavy atom. The zero-order valence-electron chi connectivity index (χ0n) is 7.84. The van der Waals surface area contributed by atoms with Gasteiger partial charge in [0.1, 0.15) is 0 Å². The highest BCUT2D eigenvalue weighted by molar-refractivity contribution is 9.10. The first-order valence-electron chi connectivity index (χ1n) is 4.20. The number of aryl methyl sites for hydroxylation is 1. The van der Waals surface area contributed by atoms with Crippen molar-refractivity contribution in [3.05, 3.63) is 33.3 Å². The molecule has 0 aromatic heterocycles. The van der Waals surface area contributed by atoms with Crippen molar-refractivity contribution in [2.45, 2.75) is 19.9 Å². The van der Waals surface area contributed by atoms with E-state index in [0.717, 1.165) is 15.6 Å². The summed E-state index contributed by atoms with van der Waals surface area (Å²) < 4.78 is 1.08. The molecule has 0 aliphatic rings. The highest BCUT2D eigenvalue weighted by Crippen LogP contribution is 2.26. The largest absolute Gasteiger partial charge is 0.394 e. The molecule has 1 rings (SSSR count). The Morgan fingerprint density at radius 2 is 2.08 bits per heavy atom. The van der Waals surface area contributed by atoms with Gasteiger partial charge in [-0.1, -0.05) is 28.1 Å². The second-order valence-electron chi connectivity index (χ2n) is 3.20. The molecule has 0 aliphatic heterocycles. The van der Waals surface area contributed by atoms with Crippen molar-refractivity contribution in [1.82, 2.24) is 0 Å². The van der Waals surface area contributed by atoms with Crippen LogP contribution in [0.2, 0.25) is 0 Å². The molecule has 0 amide bonds. The number of aliphatic hydroxyl groups is 1. The minimum absolute atomic E-state index is 0.0175. The van der Waals surface area contributed by atoms with Gasteiger partial charge in [-0.05, 0) is 30.5 Å². The van der Waals surface area contributed by atoms with Crippen molar-refractivity contribution in [3.8, 4) is 0 Å². The van der Waals surface area contributed by atoms with Gasteiger partial charge in [0, 0.05) is 4.47 Å². The van der Waals surface area contributed by atoms with Crippen LogP contribution >= 0.6 is 15.9 Å². The SMILES string of the molecule is Cc1ccc([C@H](N)CO)c(C)c1Br. The topological polar surface area (TPSA) is 46.2 Å². The lowest BCUT2D eigenvalue weighted by Crippen LogP contribution is -2.16. The molecule has 0 aliphatic carbocycles. The molecule has 0 radical (unpaired) electrons. The summed E-state index contributed by atoms with van der Waals surface area (Å²) in [5.74, 6) is 0. The number of benzene rings is 1. The van der Waals surface area contributed by atoms with Crippen LogP contribution in [0.1, 0.15) is 22.7 Å². The van der Waals surface area contributed by atoms with E-state index in [1.807, 2.05) is 26.0 Å². The van der Waals surface area contributed by atoms with Crippen LogP contribution in [0.15, 0.2) is 16.6 Å². The molecule has 1 aromatic carbocycles. The standard InChI is InChI=1S/C10H14BrNO/c1-6-3-4-8(9(12)5-13)7(2)10(6)11/h3-4,9,13H,5,12H2,1-2H3/t9-/m1/s1. The van der Waals surface area contributed by atoms with E-state index in [2.05, 4.69) is 15.9 Å². The van der Waals surface area contributed by atoms with E-state index in [1.54, 1.807) is 0 Å². The lowest BCUT2D eigenvalue weighted by Gasteiger charge is -2.14. The number of hydrogen-bond acceptors (Lipinski definition) is 2. The summed E-state index contributed by atoms with van der Waals surface area (Å²) >= 11 is 3.49. The Labute approximate surface area is 86.9 Å². The molecule has 13 heavy (non-hydrogen) atoms. The summed E-state index contributed by atoms with van der Waals surface area (Å²) in [7, 11) is 0. The molecule has 0 bridgehead atoms. The highest BCUT2D eigenvalue weighted by atomic mass is 79.9. The van der Waals surface area contributed by atoms with Gasteiger partial charge in [-0.3, -0.25) is 0 Å². The quantitative estimate of drug-likeness (QED) is 0.836. The monoisotopic (exact) mass is 243 g/mol. The van der Waals surface area contributed by atoms with Crippen LogP contribution in [-0.2, 0) is 0 Å². The number of hydrogen-bond donors (Lipinski definition) is 2. The number of aliphatic hydroxyl groups excluding tert-OH is 1. The lowest BCUT2D eigenvalue weighted by molar-refractivity contribution is 0.267. The molecule has 0 heterocycles. The van der Waals surface area contributed by atoms with Crippen LogP contribution in [0.5, 0.6) is 0 Å². The van der Waals surface area contributed by atoms with E-state index in [4.69, 9.17) is 10.8 Å². The first-order chi connectivity index (χ1) is 6.07. The maximum Gasteiger partial charge on any atom is 0.0624 e. The Morgan fingerprint density at radius 3 is 2.62 bits per heavy atom. The molecule has 0 unspecified atom stereocenters.